The van der Waals surface area contributed by atoms with Gasteiger partial charge >= 0.3 is 11.4 Å². The highest BCUT2D eigenvalue weighted by Crippen LogP contribution is 2.56. The van der Waals surface area contributed by atoms with Crippen molar-refractivity contribution >= 4 is 26.5 Å². The van der Waals surface area contributed by atoms with Gasteiger partial charge in [0.1, 0.15) is 22.9 Å². The molecule has 1 saturated heterocycles. The first-order chi connectivity index (χ1) is 32.9. The lowest BCUT2D eigenvalue weighted by Gasteiger charge is -2.35. The first-order valence-corrected chi connectivity index (χ1v) is 25.2. The molecule has 7 aromatic rings. The van der Waals surface area contributed by atoms with Crippen LogP contribution in [0.1, 0.15) is 115 Å². The van der Waals surface area contributed by atoms with Crippen LogP contribution in [0.2, 0.25) is 0 Å². The fourth-order valence-corrected chi connectivity index (χ4v) is 13.8. The molecule has 2 aliphatic carbocycles. The normalized spacial score (nSPS) is 23.0. The number of hydrogen-bond donors (Lipinski definition) is 1. The number of aromatic amines is 1. The molecule has 4 aliphatic rings. The first-order valence-electron chi connectivity index (χ1n) is 23.6. The third kappa shape index (κ3) is 6.94. The standard InChI is InChI=1S/C51H55F2N9O6S/c1-27-19-35(20-28(2)43(27)52)62-45(60-18-17-59(49(60)65)39-13-14-41(30(4)44(39)53)69(66,54-8)36-10-11-36)42-31(5)58(16-15-37(42)56-62)46(63)40-22-33-21-32(34-24-50(6,7)26-67-25-34)9-12-38(33)61(40)51(23-29(51)3)47-55-48(64)68-57-47/h9,12-14,17-22,29,31,34,36H,10-11,15-16,23-26H2,1-8H3,(H,55,57,64)/t29-,31-,34+,51-,69-/m0/s1. The molecule has 11 rings (SSSR count). The molecule has 18 heteroatoms. The van der Waals surface area contributed by atoms with Gasteiger partial charge in [-0.3, -0.25) is 23.4 Å². The average molecular weight is 960 g/mol. The summed E-state index contributed by atoms with van der Waals surface area (Å²) in [6, 6.07) is 13.9. The van der Waals surface area contributed by atoms with Crippen molar-refractivity contribution in [3.63, 3.8) is 0 Å². The SMILES string of the molecule is CN=[S@@](=O)(c1ccc(-n2ccn(-c3c4c(nn3-c3cc(C)c(F)c(C)c3)CCN(C(=O)c3cc5cc([C@H]6COCC(C)(C)C6)ccc5n3[C@@]3(c5noc(=O)[nH]5)C[C@@H]3C)[C@H]4C)c2=O)c(F)c1C)C1CC1. The van der Waals surface area contributed by atoms with Crippen LogP contribution >= 0.6 is 0 Å². The minimum atomic E-state index is -2.85. The average Bonchev–Trinajstić information content (AvgIpc) is 4.05. The maximum atomic E-state index is 16.5. The van der Waals surface area contributed by atoms with E-state index in [9.17, 15) is 13.8 Å². The third-order valence-electron chi connectivity index (χ3n) is 15.2. The number of carbonyl (C=O) groups is 1. The summed E-state index contributed by atoms with van der Waals surface area (Å²) in [6.45, 7) is 14.8. The molecular weight excluding hydrogens is 905 g/mol. The summed E-state index contributed by atoms with van der Waals surface area (Å²) in [7, 11) is -1.35. The number of aromatic nitrogens is 7. The van der Waals surface area contributed by atoms with Gasteiger partial charge in [-0.15, -0.1) is 0 Å². The highest BCUT2D eigenvalue weighted by Gasteiger charge is 2.59. The summed E-state index contributed by atoms with van der Waals surface area (Å²) in [4.78, 5) is 47.8. The number of halogens is 2. The molecule has 5 atom stereocenters. The molecule has 0 unspecified atom stereocenters. The Hall–Kier alpha value is -6.40. The second-order valence-corrected chi connectivity index (χ2v) is 23.1. The van der Waals surface area contributed by atoms with E-state index in [1.807, 2.05) is 23.6 Å². The smallest absolute Gasteiger partial charge is 0.380 e. The summed E-state index contributed by atoms with van der Waals surface area (Å²) in [6.07, 6.45) is 6.36. The van der Waals surface area contributed by atoms with E-state index in [1.165, 1.54) is 34.6 Å². The number of carbonyl (C=O) groups excluding carboxylic acids is 1. The summed E-state index contributed by atoms with van der Waals surface area (Å²) >= 11 is 0. The topological polar surface area (TPSA) is 168 Å². The number of ether oxygens (including phenoxy) is 1. The van der Waals surface area contributed by atoms with Gasteiger partial charge < -0.3 is 14.2 Å². The summed E-state index contributed by atoms with van der Waals surface area (Å²) in [5, 5.41) is 9.96. The van der Waals surface area contributed by atoms with E-state index in [1.54, 1.807) is 48.6 Å². The summed E-state index contributed by atoms with van der Waals surface area (Å²) in [5.74, 6) is -1.23. The molecule has 2 aliphatic heterocycles. The molecule has 1 N–H and O–H groups in total. The van der Waals surface area contributed by atoms with Crippen LogP contribution in [0.5, 0.6) is 0 Å². The predicted molar refractivity (Wildman–Crippen MR) is 255 cm³/mol. The second kappa shape index (κ2) is 15.8. The van der Waals surface area contributed by atoms with Crippen molar-refractivity contribution in [2.45, 2.75) is 108 Å². The van der Waals surface area contributed by atoms with Crippen LogP contribution in [0, 0.1) is 43.7 Å². The molecule has 69 heavy (non-hydrogen) atoms. The number of nitrogens with zero attached hydrogens (tertiary/aromatic N) is 8. The van der Waals surface area contributed by atoms with Gasteiger partial charge in [0.15, 0.2) is 11.6 Å². The van der Waals surface area contributed by atoms with Gasteiger partial charge in [0.05, 0.1) is 50.9 Å². The fourth-order valence-electron chi connectivity index (χ4n) is 11.4. The zero-order chi connectivity index (χ0) is 48.6. The van der Waals surface area contributed by atoms with Crippen LogP contribution in [0.4, 0.5) is 8.78 Å². The number of H-pyrrole nitrogens is 1. The fraction of sp³-hybridized carbons (Fsp3) is 0.431. The predicted octanol–water partition coefficient (Wildman–Crippen LogP) is 8.34. The van der Waals surface area contributed by atoms with E-state index in [-0.39, 0.29) is 52.0 Å². The second-order valence-electron chi connectivity index (χ2n) is 20.4. The van der Waals surface area contributed by atoms with E-state index in [0.29, 0.717) is 76.4 Å². The largest absolute Gasteiger partial charge is 0.438 e. The third-order valence-corrected chi connectivity index (χ3v) is 18.2. The summed E-state index contributed by atoms with van der Waals surface area (Å²) in [5.41, 5.74) is 3.43. The molecule has 2 saturated carbocycles. The lowest BCUT2D eigenvalue weighted by molar-refractivity contribution is -0.00187. The van der Waals surface area contributed by atoms with E-state index < -0.39 is 38.6 Å². The number of fused-ring (bicyclic) bond motifs is 2. The van der Waals surface area contributed by atoms with Crippen molar-refractivity contribution in [1.29, 1.82) is 0 Å². The highest BCUT2D eigenvalue weighted by molar-refractivity contribution is 7.94. The van der Waals surface area contributed by atoms with Crippen molar-refractivity contribution in [3.05, 3.63) is 139 Å². The van der Waals surface area contributed by atoms with Crippen molar-refractivity contribution in [3.8, 4) is 17.2 Å². The molecule has 4 aromatic heterocycles. The molecule has 3 fully saturated rings. The first kappa shape index (κ1) is 45.1. The van der Waals surface area contributed by atoms with Gasteiger partial charge in [0, 0.05) is 65.6 Å². The number of benzene rings is 3. The Labute approximate surface area is 397 Å². The zero-order valence-corrected chi connectivity index (χ0v) is 40.7. The number of imidazole rings is 1. The van der Waals surface area contributed by atoms with Gasteiger partial charge in [-0.2, -0.15) is 5.10 Å². The quantitative estimate of drug-likeness (QED) is 0.151. The molecule has 3 aromatic carbocycles. The lowest BCUT2D eigenvalue weighted by atomic mass is 9.79. The summed E-state index contributed by atoms with van der Waals surface area (Å²) < 4.78 is 67.2. The van der Waals surface area contributed by atoms with Gasteiger partial charge in [0.2, 0.25) is 0 Å². The van der Waals surface area contributed by atoms with Crippen molar-refractivity contribution in [1.82, 2.24) is 38.5 Å². The monoisotopic (exact) mass is 959 g/mol. The molecule has 6 heterocycles. The molecular formula is C51H55F2N9O6S. The Morgan fingerprint density at radius 2 is 1.68 bits per heavy atom. The van der Waals surface area contributed by atoms with Crippen molar-refractivity contribution in [2.75, 3.05) is 26.8 Å². The Bertz CT molecular complexity index is 3520. The minimum Gasteiger partial charge on any atom is -0.380 e. The lowest BCUT2D eigenvalue weighted by Crippen LogP contribution is -2.41. The van der Waals surface area contributed by atoms with Gasteiger partial charge in [-0.25, -0.2) is 31.6 Å². The van der Waals surface area contributed by atoms with Crippen LogP contribution in [0.3, 0.4) is 0 Å². The highest BCUT2D eigenvalue weighted by atomic mass is 32.2. The zero-order valence-electron chi connectivity index (χ0n) is 39.9. The van der Waals surface area contributed by atoms with Crippen LogP contribution in [0.15, 0.2) is 84.3 Å². The van der Waals surface area contributed by atoms with Gasteiger partial charge in [-0.1, -0.05) is 32.0 Å². The Kier molecular flexibility index (Phi) is 10.3. The van der Waals surface area contributed by atoms with Crippen LogP contribution in [-0.4, -0.2) is 80.7 Å². The van der Waals surface area contributed by atoms with E-state index in [2.05, 4.69) is 47.4 Å². The van der Waals surface area contributed by atoms with Crippen LogP contribution < -0.4 is 11.4 Å². The Morgan fingerprint density at radius 1 is 0.957 bits per heavy atom. The van der Waals surface area contributed by atoms with Crippen LogP contribution in [0.25, 0.3) is 28.1 Å². The van der Waals surface area contributed by atoms with E-state index in [0.717, 1.165) is 35.7 Å². The maximum Gasteiger partial charge on any atom is 0.438 e. The number of amides is 1. The minimum absolute atomic E-state index is 0.00347. The van der Waals surface area contributed by atoms with Crippen molar-refractivity contribution in [2.24, 2.45) is 15.7 Å². The Balaban J connectivity index is 1.05. The molecule has 0 radical (unpaired) electrons. The van der Waals surface area contributed by atoms with E-state index in [4.69, 9.17) is 14.4 Å². The van der Waals surface area contributed by atoms with Crippen molar-refractivity contribution < 1.29 is 27.0 Å². The molecule has 1 amide bonds. The van der Waals surface area contributed by atoms with Crippen LogP contribution in [-0.2, 0) is 26.4 Å². The Morgan fingerprint density at radius 3 is 2.33 bits per heavy atom. The van der Waals surface area contributed by atoms with Gasteiger partial charge in [0.25, 0.3) is 5.91 Å². The number of aryl methyl sites for hydroxylation is 2. The molecule has 15 nitrogen and oxygen atoms in total. The van der Waals surface area contributed by atoms with E-state index >= 15 is 13.6 Å². The number of hydrogen-bond acceptors (Lipinski definition) is 9. The number of nitrogens with one attached hydrogen (secondary N) is 1. The number of rotatable bonds is 9. The molecule has 0 spiro atoms. The maximum absolute atomic E-state index is 16.5. The molecule has 0 bridgehead atoms. The van der Waals surface area contributed by atoms with Gasteiger partial charge in [-0.05, 0) is 124 Å². The molecule has 360 valence electrons.